The Morgan fingerprint density at radius 3 is 2.70 bits per heavy atom. The highest BCUT2D eigenvalue weighted by atomic mass is 16.5. The smallest absolute Gasteiger partial charge is 0.305 e. The summed E-state index contributed by atoms with van der Waals surface area (Å²) in [6, 6.07) is 0. The topological polar surface area (TPSA) is 84.3 Å². The van der Waals surface area contributed by atoms with Gasteiger partial charge < -0.3 is 15.2 Å². The van der Waals surface area contributed by atoms with Crippen LogP contribution in [0.2, 0.25) is 0 Å². The molecule has 0 saturated heterocycles. The third-order valence-corrected chi connectivity index (χ3v) is 3.92. The fourth-order valence-corrected chi connectivity index (χ4v) is 2.88. The zero-order chi connectivity index (χ0) is 14.6. The first-order valence-corrected chi connectivity index (χ1v) is 6.92. The number of hydrogen-bond donors (Lipinski definition) is 2. The van der Waals surface area contributed by atoms with E-state index in [9.17, 15) is 9.90 Å². The van der Waals surface area contributed by atoms with Gasteiger partial charge in [0, 0.05) is 5.54 Å². The van der Waals surface area contributed by atoms with Crippen molar-refractivity contribution < 1.29 is 14.6 Å². The van der Waals surface area contributed by atoms with E-state index < -0.39 is 11.5 Å². The molecule has 20 heavy (non-hydrogen) atoms. The highest BCUT2D eigenvalue weighted by Crippen LogP contribution is 2.35. The molecule has 6 nitrogen and oxygen atoms in total. The Labute approximate surface area is 118 Å². The molecule has 0 amide bonds. The van der Waals surface area contributed by atoms with Crippen LogP contribution in [-0.2, 0) is 4.79 Å². The van der Waals surface area contributed by atoms with E-state index >= 15 is 0 Å². The number of carboxylic acid groups (broad SMARTS) is 1. The van der Waals surface area contributed by atoms with Crippen LogP contribution in [0.4, 0.5) is 5.82 Å². The fourth-order valence-electron chi connectivity index (χ4n) is 2.88. The number of aromatic nitrogens is 2. The number of hydrogen-bond acceptors (Lipinski definition) is 5. The van der Waals surface area contributed by atoms with Crippen LogP contribution < -0.4 is 10.1 Å². The lowest BCUT2D eigenvalue weighted by Crippen LogP contribution is -2.42. The van der Waals surface area contributed by atoms with E-state index in [0.717, 1.165) is 37.7 Å². The van der Waals surface area contributed by atoms with Gasteiger partial charge in [0.2, 0.25) is 5.88 Å². The Balaban J connectivity index is 2.25. The zero-order valence-electron chi connectivity index (χ0n) is 12.0. The van der Waals surface area contributed by atoms with Crippen LogP contribution in [0.3, 0.4) is 0 Å². The maximum atomic E-state index is 11.2. The Morgan fingerprint density at radius 2 is 2.10 bits per heavy atom. The molecule has 1 aromatic rings. The SMILES string of the molecule is COc1ncnc(NC2(CC(=O)O)CCCCC2)c1C. The number of aliphatic carboxylic acids is 1. The molecule has 0 spiro atoms. The van der Waals surface area contributed by atoms with Gasteiger partial charge in [-0.1, -0.05) is 19.3 Å². The summed E-state index contributed by atoms with van der Waals surface area (Å²) in [4.78, 5) is 19.5. The van der Waals surface area contributed by atoms with Gasteiger partial charge in [-0.3, -0.25) is 4.79 Å². The summed E-state index contributed by atoms with van der Waals surface area (Å²) in [6.07, 6.45) is 6.50. The number of carboxylic acids is 1. The summed E-state index contributed by atoms with van der Waals surface area (Å²) >= 11 is 0. The summed E-state index contributed by atoms with van der Waals surface area (Å²) in [5, 5.41) is 12.5. The number of nitrogens with zero attached hydrogens (tertiary/aromatic N) is 2. The molecule has 1 aliphatic rings. The average Bonchev–Trinajstić information content (AvgIpc) is 2.41. The molecule has 1 heterocycles. The molecule has 1 aliphatic carbocycles. The highest BCUT2D eigenvalue weighted by molar-refractivity contribution is 5.69. The Hall–Kier alpha value is -1.85. The van der Waals surface area contributed by atoms with Crippen molar-refractivity contribution in [2.24, 2.45) is 0 Å². The number of methoxy groups -OCH3 is 1. The van der Waals surface area contributed by atoms with Gasteiger partial charge in [0.1, 0.15) is 12.1 Å². The minimum atomic E-state index is -0.780. The number of nitrogens with one attached hydrogen (secondary N) is 1. The number of anilines is 1. The van der Waals surface area contributed by atoms with Gasteiger partial charge >= 0.3 is 5.97 Å². The maximum Gasteiger partial charge on any atom is 0.305 e. The normalized spacial score (nSPS) is 17.5. The maximum absolute atomic E-state index is 11.2. The summed E-state index contributed by atoms with van der Waals surface area (Å²) < 4.78 is 5.18. The number of rotatable bonds is 5. The van der Waals surface area contributed by atoms with Gasteiger partial charge in [-0.2, -0.15) is 0 Å². The van der Waals surface area contributed by atoms with Crippen LogP contribution in [0, 0.1) is 6.92 Å². The van der Waals surface area contributed by atoms with Crippen molar-refractivity contribution in [3.8, 4) is 5.88 Å². The second-order valence-electron chi connectivity index (χ2n) is 5.39. The van der Waals surface area contributed by atoms with E-state index in [1.54, 1.807) is 7.11 Å². The molecule has 0 aliphatic heterocycles. The summed E-state index contributed by atoms with van der Waals surface area (Å²) in [5.41, 5.74) is 0.402. The molecule has 0 bridgehead atoms. The van der Waals surface area contributed by atoms with Crippen molar-refractivity contribution >= 4 is 11.8 Å². The molecule has 110 valence electrons. The first kappa shape index (κ1) is 14.6. The van der Waals surface area contributed by atoms with Crippen LogP contribution >= 0.6 is 0 Å². The minimum absolute atomic E-state index is 0.110. The zero-order valence-corrected chi connectivity index (χ0v) is 12.0. The van der Waals surface area contributed by atoms with Gasteiger partial charge in [0.25, 0.3) is 0 Å². The van der Waals surface area contributed by atoms with Gasteiger partial charge in [0.15, 0.2) is 0 Å². The Morgan fingerprint density at radius 1 is 1.40 bits per heavy atom. The highest BCUT2D eigenvalue weighted by Gasteiger charge is 2.35. The van der Waals surface area contributed by atoms with Crippen molar-refractivity contribution in [3.63, 3.8) is 0 Å². The lowest BCUT2D eigenvalue weighted by Gasteiger charge is -2.37. The van der Waals surface area contributed by atoms with Crippen molar-refractivity contribution in [1.29, 1.82) is 0 Å². The van der Waals surface area contributed by atoms with E-state index in [1.807, 2.05) is 6.92 Å². The molecule has 0 atom stereocenters. The first-order chi connectivity index (χ1) is 9.56. The third kappa shape index (κ3) is 3.18. The molecule has 1 fully saturated rings. The molecule has 6 heteroatoms. The van der Waals surface area contributed by atoms with E-state index in [2.05, 4.69) is 15.3 Å². The van der Waals surface area contributed by atoms with Crippen molar-refractivity contribution in [3.05, 3.63) is 11.9 Å². The second kappa shape index (κ2) is 6.07. The predicted octanol–water partition coefficient (Wildman–Crippen LogP) is 2.38. The molecule has 2 N–H and O–H groups in total. The number of ether oxygens (including phenoxy) is 1. The molecule has 0 unspecified atom stereocenters. The quantitative estimate of drug-likeness (QED) is 0.861. The minimum Gasteiger partial charge on any atom is -0.481 e. The van der Waals surface area contributed by atoms with Gasteiger partial charge in [-0.25, -0.2) is 9.97 Å². The van der Waals surface area contributed by atoms with E-state index in [-0.39, 0.29) is 6.42 Å². The number of carbonyl (C=O) groups is 1. The van der Waals surface area contributed by atoms with E-state index in [0.29, 0.717) is 11.7 Å². The van der Waals surface area contributed by atoms with E-state index in [4.69, 9.17) is 4.74 Å². The standard InChI is InChI=1S/C14H21N3O3/c1-10-12(15-9-16-13(10)20-2)17-14(8-11(18)19)6-4-3-5-7-14/h9H,3-8H2,1-2H3,(H,18,19)(H,15,16,17). The van der Waals surface area contributed by atoms with Crippen LogP contribution in [0.1, 0.15) is 44.1 Å². The fraction of sp³-hybridized carbons (Fsp3) is 0.643. The lowest BCUT2D eigenvalue weighted by molar-refractivity contribution is -0.138. The Kier molecular flexibility index (Phi) is 4.42. The van der Waals surface area contributed by atoms with Crippen LogP contribution in [0.25, 0.3) is 0 Å². The van der Waals surface area contributed by atoms with Crippen molar-refractivity contribution in [2.75, 3.05) is 12.4 Å². The van der Waals surface area contributed by atoms with Crippen molar-refractivity contribution in [1.82, 2.24) is 9.97 Å². The molecule has 0 aromatic carbocycles. The molecule has 1 aromatic heterocycles. The first-order valence-electron chi connectivity index (χ1n) is 6.92. The molecule has 2 rings (SSSR count). The van der Waals surface area contributed by atoms with E-state index in [1.165, 1.54) is 6.33 Å². The predicted molar refractivity (Wildman–Crippen MR) is 75.0 cm³/mol. The Bertz CT molecular complexity index is 485. The van der Waals surface area contributed by atoms with Crippen LogP contribution in [0.15, 0.2) is 6.33 Å². The van der Waals surface area contributed by atoms with Gasteiger partial charge in [-0.15, -0.1) is 0 Å². The third-order valence-electron chi connectivity index (χ3n) is 3.92. The summed E-state index contributed by atoms with van der Waals surface area (Å²) in [5.74, 6) is 0.404. The summed E-state index contributed by atoms with van der Waals surface area (Å²) in [6.45, 7) is 1.87. The van der Waals surface area contributed by atoms with Crippen LogP contribution in [-0.4, -0.2) is 33.7 Å². The lowest BCUT2D eigenvalue weighted by atomic mass is 9.79. The van der Waals surface area contributed by atoms with Crippen LogP contribution in [0.5, 0.6) is 5.88 Å². The molecular formula is C14H21N3O3. The average molecular weight is 279 g/mol. The van der Waals surface area contributed by atoms with Crippen molar-refractivity contribution in [2.45, 2.75) is 51.0 Å². The molecular weight excluding hydrogens is 258 g/mol. The van der Waals surface area contributed by atoms with Gasteiger partial charge in [0.05, 0.1) is 19.1 Å². The molecule has 0 radical (unpaired) electrons. The largest absolute Gasteiger partial charge is 0.481 e. The molecule has 1 saturated carbocycles. The van der Waals surface area contributed by atoms with Gasteiger partial charge in [-0.05, 0) is 19.8 Å². The monoisotopic (exact) mass is 279 g/mol. The summed E-state index contributed by atoms with van der Waals surface area (Å²) in [7, 11) is 1.56. The second-order valence-corrected chi connectivity index (χ2v) is 5.39.